The van der Waals surface area contributed by atoms with Crippen molar-refractivity contribution in [3.05, 3.63) is 82.6 Å². The summed E-state index contributed by atoms with van der Waals surface area (Å²) in [6, 6.07) is 14.6. The molecule has 0 bridgehead atoms. The van der Waals surface area contributed by atoms with Crippen molar-refractivity contribution in [2.75, 3.05) is 17.1 Å². The van der Waals surface area contributed by atoms with Crippen molar-refractivity contribution in [2.24, 2.45) is 0 Å². The fourth-order valence-electron chi connectivity index (χ4n) is 2.65. The Hall–Kier alpha value is -3.10. The molecule has 0 fully saturated rings. The lowest BCUT2D eigenvalue weighted by molar-refractivity contribution is 0.102. The third kappa shape index (κ3) is 4.72. The molecule has 0 saturated carbocycles. The highest BCUT2D eigenvalue weighted by Crippen LogP contribution is 2.29. The van der Waals surface area contributed by atoms with Gasteiger partial charge in [0, 0.05) is 11.3 Å². The lowest BCUT2D eigenvalue weighted by atomic mass is 10.2. The molecular weight excluding hydrogens is 431 g/mol. The molecule has 9 heteroatoms. The molecule has 1 amide bonds. The molecule has 6 nitrogen and oxygen atoms in total. The lowest BCUT2D eigenvalue weighted by Gasteiger charge is -2.13. The molecule has 3 rings (SSSR count). The Kier molecular flexibility index (Phi) is 6.28. The summed E-state index contributed by atoms with van der Waals surface area (Å²) in [6.45, 7) is 1.60. The van der Waals surface area contributed by atoms with E-state index in [1.165, 1.54) is 37.4 Å². The van der Waals surface area contributed by atoms with E-state index in [1.807, 2.05) is 0 Å². The molecule has 0 radical (unpaired) electrons. The highest BCUT2D eigenvalue weighted by Gasteiger charge is 2.22. The van der Waals surface area contributed by atoms with E-state index >= 15 is 0 Å². The standard InChI is InChI=1S/C21H18ClFN2O4S/c1-13-7-9-15(12-17(13)23)24-21(26)14-8-10-16(22)20(11-14)30(27,28)25-18-5-3-4-6-19(18)29-2/h3-12,25H,1-2H3,(H,24,26). The third-order valence-corrected chi connectivity index (χ3v) is 6.11. The number of aryl methyl sites for hydroxylation is 1. The molecule has 156 valence electrons. The van der Waals surface area contributed by atoms with Crippen LogP contribution in [0.3, 0.4) is 0 Å². The van der Waals surface area contributed by atoms with E-state index in [9.17, 15) is 17.6 Å². The van der Waals surface area contributed by atoms with Crippen molar-refractivity contribution in [3.8, 4) is 5.75 Å². The second-order valence-corrected chi connectivity index (χ2v) is 8.43. The van der Waals surface area contributed by atoms with Gasteiger partial charge in [-0.3, -0.25) is 9.52 Å². The van der Waals surface area contributed by atoms with Gasteiger partial charge in [-0.1, -0.05) is 29.8 Å². The fourth-order valence-corrected chi connectivity index (χ4v) is 4.25. The number of para-hydroxylation sites is 2. The Morgan fingerprint density at radius 2 is 1.80 bits per heavy atom. The molecule has 30 heavy (non-hydrogen) atoms. The van der Waals surface area contributed by atoms with Crippen LogP contribution in [-0.2, 0) is 10.0 Å². The first kappa shape index (κ1) is 21.6. The zero-order valence-electron chi connectivity index (χ0n) is 16.1. The number of benzene rings is 3. The predicted octanol–water partition coefficient (Wildman–Crippen LogP) is 4.85. The highest BCUT2D eigenvalue weighted by molar-refractivity contribution is 7.92. The minimum atomic E-state index is -4.12. The summed E-state index contributed by atoms with van der Waals surface area (Å²) in [7, 11) is -2.70. The summed E-state index contributed by atoms with van der Waals surface area (Å²) >= 11 is 6.09. The zero-order valence-corrected chi connectivity index (χ0v) is 17.6. The summed E-state index contributed by atoms with van der Waals surface area (Å²) in [6.07, 6.45) is 0. The first-order chi connectivity index (χ1) is 14.2. The van der Waals surface area contributed by atoms with Gasteiger partial charge in [-0.15, -0.1) is 0 Å². The zero-order chi connectivity index (χ0) is 21.9. The SMILES string of the molecule is COc1ccccc1NS(=O)(=O)c1cc(C(=O)Nc2ccc(C)c(F)c2)ccc1Cl. The van der Waals surface area contributed by atoms with Gasteiger partial charge in [-0.2, -0.15) is 0 Å². The van der Waals surface area contributed by atoms with Crippen molar-refractivity contribution in [3.63, 3.8) is 0 Å². The number of anilines is 2. The number of rotatable bonds is 6. The van der Waals surface area contributed by atoms with Gasteiger partial charge in [-0.05, 0) is 55.0 Å². The van der Waals surface area contributed by atoms with Gasteiger partial charge in [-0.25, -0.2) is 12.8 Å². The minimum Gasteiger partial charge on any atom is -0.495 e. The van der Waals surface area contributed by atoms with Crippen LogP contribution in [-0.4, -0.2) is 21.4 Å². The molecule has 0 aliphatic rings. The number of nitrogens with one attached hydrogen (secondary N) is 2. The first-order valence-corrected chi connectivity index (χ1v) is 10.6. The van der Waals surface area contributed by atoms with Gasteiger partial charge < -0.3 is 10.1 Å². The molecule has 0 unspecified atom stereocenters. The normalized spacial score (nSPS) is 11.1. The number of sulfonamides is 1. The highest BCUT2D eigenvalue weighted by atomic mass is 35.5. The number of amides is 1. The Balaban J connectivity index is 1.90. The summed E-state index contributed by atoms with van der Waals surface area (Å²) in [5.74, 6) is -0.746. The molecule has 0 aromatic heterocycles. The van der Waals surface area contributed by atoms with Gasteiger partial charge in [0.05, 0.1) is 17.8 Å². The number of hydrogen-bond donors (Lipinski definition) is 2. The molecule has 0 saturated heterocycles. The van der Waals surface area contributed by atoms with E-state index in [0.29, 0.717) is 11.3 Å². The van der Waals surface area contributed by atoms with Gasteiger partial charge in [0.15, 0.2) is 0 Å². The second kappa shape index (κ2) is 8.73. The molecule has 0 heterocycles. The van der Waals surface area contributed by atoms with E-state index < -0.39 is 21.7 Å². The molecule has 2 N–H and O–H groups in total. The van der Waals surface area contributed by atoms with Crippen LogP contribution in [0.4, 0.5) is 15.8 Å². The van der Waals surface area contributed by atoms with Crippen LogP contribution in [0.2, 0.25) is 5.02 Å². The smallest absolute Gasteiger partial charge is 0.263 e. The molecule has 3 aromatic rings. The number of carbonyl (C=O) groups excluding carboxylic acids is 1. The number of carbonyl (C=O) groups is 1. The van der Waals surface area contributed by atoms with Gasteiger partial charge in [0.2, 0.25) is 0 Å². The van der Waals surface area contributed by atoms with Gasteiger partial charge in [0.25, 0.3) is 15.9 Å². The third-order valence-electron chi connectivity index (χ3n) is 4.26. The van der Waals surface area contributed by atoms with Crippen LogP contribution in [0, 0.1) is 12.7 Å². The number of ether oxygens (including phenoxy) is 1. The molecule has 0 atom stereocenters. The maximum atomic E-state index is 13.7. The molecule has 3 aromatic carbocycles. The van der Waals surface area contributed by atoms with E-state index in [1.54, 1.807) is 31.2 Å². The minimum absolute atomic E-state index is 0.0424. The van der Waals surface area contributed by atoms with E-state index in [0.717, 1.165) is 6.07 Å². The molecule has 0 aliphatic heterocycles. The Bertz CT molecular complexity index is 1220. The second-order valence-electron chi connectivity index (χ2n) is 6.37. The fraction of sp³-hybridized carbons (Fsp3) is 0.0952. The van der Waals surface area contributed by atoms with Crippen LogP contribution >= 0.6 is 11.6 Å². The molecule has 0 spiro atoms. The quantitative estimate of drug-likeness (QED) is 0.564. The van der Waals surface area contributed by atoms with Crippen LogP contribution in [0.25, 0.3) is 0 Å². The number of halogens is 2. The predicted molar refractivity (Wildman–Crippen MR) is 114 cm³/mol. The van der Waals surface area contributed by atoms with Gasteiger partial charge >= 0.3 is 0 Å². The van der Waals surface area contributed by atoms with E-state index in [2.05, 4.69) is 10.0 Å². The van der Waals surface area contributed by atoms with E-state index in [-0.39, 0.29) is 26.9 Å². The van der Waals surface area contributed by atoms with Gasteiger partial charge in [0.1, 0.15) is 16.5 Å². The monoisotopic (exact) mass is 448 g/mol. The maximum absolute atomic E-state index is 13.7. The summed E-state index contributed by atoms with van der Waals surface area (Å²) < 4.78 is 47.0. The van der Waals surface area contributed by atoms with Crippen molar-refractivity contribution in [2.45, 2.75) is 11.8 Å². The van der Waals surface area contributed by atoms with Crippen LogP contribution in [0.5, 0.6) is 5.75 Å². The van der Waals surface area contributed by atoms with Crippen molar-refractivity contribution < 1.29 is 22.3 Å². The Morgan fingerprint density at radius 3 is 2.50 bits per heavy atom. The summed E-state index contributed by atoms with van der Waals surface area (Å²) in [4.78, 5) is 12.3. The van der Waals surface area contributed by atoms with Crippen molar-refractivity contribution in [1.29, 1.82) is 0 Å². The van der Waals surface area contributed by atoms with Crippen molar-refractivity contribution in [1.82, 2.24) is 0 Å². The van der Waals surface area contributed by atoms with Crippen LogP contribution < -0.4 is 14.8 Å². The average Bonchev–Trinajstić information content (AvgIpc) is 2.71. The van der Waals surface area contributed by atoms with Crippen molar-refractivity contribution >= 4 is 38.9 Å². The Morgan fingerprint density at radius 1 is 1.07 bits per heavy atom. The maximum Gasteiger partial charge on any atom is 0.263 e. The lowest BCUT2D eigenvalue weighted by Crippen LogP contribution is -2.17. The summed E-state index contributed by atoms with van der Waals surface area (Å²) in [5, 5.41) is 2.48. The Labute approximate surface area is 178 Å². The average molecular weight is 449 g/mol. The van der Waals surface area contributed by atoms with Crippen LogP contribution in [0.1, 0.15) is 15.9 Å². The first-order valence-electron chi connectivity index (χ1n) is 8.74. The number of methoxy groups -OCH3 is 1. The number of hydrogen-bond acceptors (Lipinski definition) is 4. The topological polar surface area (TPSA) is 84.5 Å². The largest absolute Gasteiger partial charge is 0.495 e. The summed E-state index contributed by atoms with van der Waals surface area (Å²) in [5.41, 5.74) is 0.951. The van der Waals surface area contributed by atoms with E-state index in [4.69, 9.17) is 16.3 Å². The van der Waals surface area contributed by atoms with Crippen LogP contribution in [0.15, 0.2) is 65.6 Å². The molecule has 0 aliphatic carbocycles. The molecular formula is C21H18ClFN2O4S.